The zero-order chi connectivity index (χ0) is 24.2. The number of esters is 1. The van der Waals surface area contributed by atoms with Gasteiger partial charge in [0.15, 0.2) is 5.69 Å². The number of aryl methyl sites for hydroxylation is 1. The molecule has 2 atom stereocenters. The van der Waals surface area contributed by atoms with Gasteiger partial charge in [-0.1, -0.05) is 46.3 Å². The highest BCUT2D eigenvalue weighted by atomic mass is 35.5. The molecule has 0 fully saturated rings. The number of nitrogens with two attached hydrogens (primary N) is 3. The number of anilines is 1. The van der Waals surface area contributed by atoms with E-state index in [1.165, 1.54) is 18.2 Å². The van der Waals surface area contributed by atoms with E-state index in [4.69, 9.17) is 22.3 Å². The van der Waals surface area contributed by atoms with Crippen LogP contribution in [-0.4, -0.2) is 33.1 Å². The summed E-state index contributed by atoms with van der Waals surface area (Å²) in [5, 5.41) is 14.8. The molecule has 1 aromatic carbocycles. The first kappa shape index (κ1) is 25.9. The van der Waals surface area contributed by atoms with Crippen molar-refractivity contribution < 1.29 is 9.53 Å². The summed E-state index contributed by atoms with van der Waals surface area (Å²) in [5.41, 5.74) is 12.3. The van der Waals surface area contributed by atoms with E-state index in [1.807, 2.05) is 18.2 Å². The molecule has 3 aromatic rings. The highest BCUT2D eigenvalue weighted by Crippen LogP contribution is 2.47. The van der Waals surface area contributed by atoms with E-state index in [9.17, 15) is 4.79 Å². The number of nitrogens with zero attached hydrogens (tertiary/aromatic N) is 6. The molecular formula is C23H30ClN9O2. The summed E-state index contributed by atoms with van der Waals surface area (Å²) in [6.07, 6.45) is 7.85. The minimum atomic E-state index is -0.472. The molecule has 6 N–H and O–H groups in total. The second kappa shape index (κ2) is 11.1. The number of carbonyl (C=O) groups is 1. The second-order valence-corrected chi connectivity index (χ2v) is 8.75. The van der Waals surface area contributed by atoms with E-state index in [0.29, 0.717) is 23.4 Å². The fourth-order valence-electron chi connectivity index (χ4n) is 4.84. The summed E-state index contributed by atoms with van der Waals surface area (Å²) in [6, 6.07) is 5.72. The number of carbonyl (C=O) groups excluding carboxylic acids is 1. The fraction of sp³-hybridized carbons (Fsp3) is 0.391. The third-order valence-corrected chi connectivity index (χ3v) is 6.43. The van der Waals surface area contributed by atoms with Gasteiger partial charge in [-0.25, -0.2) is 4.79 Å². The number of pyridine rings is 1. The van der Waals surface area contributed by atoms with Crippen LogP contribution in [0.1, 0.15) is 54.4 Å². The molecule has 2 unspecified atom stereocenters. The minimum Gasteiger partial charge on any atom is -0.464 e. The Kier molecular flexibility index (Phi) is 8.23. The third-order valence-electron chi connectivity index (χ3n) is 6.20. The number of nitrogen functional groups attached to an aromatic ring is 1. The lowest BCUT2D eigenvalue weighted by Crippen LogP contribution is -2.25. The van der Waals surface area contributed by atoms with Crippen molar-refractivity contribution in [2.75, 3.05) is 12.8 Å². The molecule has 2 aliphatic rings. The van der Waals surface area contributed by atoms with Gasteiger partial charge < -0.3 is 22.2 Å². The average molecular weight is 500 g/mol. The zero-order valence-electron chi connectivity index (χ0n) is 18.7. The van der Waals surface area contributed by atoms with Crippen LogP contribution in [0.25, 0.3) is 10.9 Å². The summed E-state index contributed by atoms with van der Waals surface area (Å²) in [5.74, 6) is 9.10. The number of benzene rings is 1. The Bertz CT molecular complexity index is 1270. The molecule has 0 spiro atoms. The lowest BCUT2D eigenvalue weighted by Gasteiger charge is -2.36. The Morgan fingerprint density at radius 2 is 2.06 bits per heavy atom. The van der Waals surface area contributed by atoms with E-state index in [0.717, 1.165) is 48.0 Å². The first-order valence-electron chi connectivity index (χ1n) is 10.8. The molecule has 2 aliphatic carbocycles. The van der Waals surface area contributed by atoms with Crippen molar-refractivity contribution in [3.8, 4) is 0 Å². The van der Waals surface area contributed by atoms with Crippen LogP contribution in [0.4, 0.5) is 5.69 Å². The largest absolute Gasteiger partial charge is 0.464 e. The monoisotopic (exact) mass is 499 g/mol. The van der Waals surface area contributed by atoms with Gasteiger partial charge in [-0.3, -0.25) is 9.67 Å². The van der Waals surface area contributed by atoms with Crippen molar-refractivity contribution in [3.63, 3.8) is 0 Å². The summed E-state index contributed by atoms with van der Waals surface area (Å²) in [4.78, 5) is 16.5. The summed E-state index contributed by atoms with van der Waals surface area (Å²) >= 11 is 6.15. The lowest BCUT2D eigenvalue weighted by molar-refractivity contribution is 0.0594. The van der Waals surface area contributed by atoms with Gasteiger partial charge in [-0.05, 0) is 55.7 Å². The highest BCUT2D eigenvalue weighted by Gasteiger charge is 2.33. The number of ether oxygens (including phenoxy) is 1. The average Bonchev–Trinajstić information content (AvgIpc) is 3.31. The van der Waals surface area contributed by atoms with E-state index >= 15 is 0 Å². The van der Waals surface area contributed by atoms with Crippen LogP contribution >= 0.6 is 11.6 Å². The molecular weight excluding hydrogens is 470 g/mol. The van der Waals surface area contributed by atoms with Crippen LogP contribution < -0.4 is 17.4 Å². The van der Waals surface area contributed by atoms with E-state index in [1.54, 1.807) is 10.9 Å². The number of halogens is 1. The predicted molar refractivity (Wildman–Crippen MR) is 134 cm³/mol. The van der Waals surface area contributed by atoms with Gasteiger partial charge in [-0.15, -0.1) is 5.10 Å². The fourth-order valence-corrected chi connectivity index (χ4v) is 5.00. The summed E-state index contributed by atoms with van der Waals surface area (Å²) < 4.78 is 6.38. The lowest BCUT2D eigenvalue weighted by atomic mass is 9.70. The van der Waals surface area contributed by atoms with E-state index in [2.05, 4.69) is 43.3 Å². The van der Waals surface area contributed by atoms with E-state index in [-0.39, 0.29) is 13.1 Å². The van der Waals surface area contributed by atoms with Gasteiger partial charge in [0.2, 0.25) is 0 Å². The Morgan fingerprint density at radius 1 is 1.29 bits per heavy atom. The Morgan fingerprint density at radius 3 is 2.77 bits per heavy atom. The van der Waals surface area contributed by atoms with Gasteiger partial charge in [0.1, 0.15) is 0 Å². The van der Waals surface area contributed by atoms with Crippen LogP contribution in [-0.2, 0) is 17.7 Å². The molecule has 11 nitrogen and oxygen atoms in total. The standard InChI is InChI=1S/C22H22ClN5O2.CH4.H4N4/c1-30-22(29)19-11-28(27-26-19)5-4-12-6-13-8-14(7-12)20-18(9-13)25-17-10-15(23)2-3-16(17)21(20)24;;1-3-4-2/h2-3,6,10-11,13-14H,4-5,7-9H2,1H3,(H2,24,25);1H4;(H2,1,4)(H2,2,3). The predicted octanol–water partition coefficient (Wildman–Crippen LogP) is 3.74. The maximum Gasteiger partial charge on any atom is 0.360 e. The van der Waals surface area contributed by atoms with Crippen molar-refractivity contribution in [1.29, 1.82) is 0 Å². The van der Waals surface area contributed by atoms with Crippen molar-refractivity contribution in [3.05, 3.63) is 58.0 Å². The van der Waals surface area contributed by atoms with Crippen LogP contribution in [0.15, 0.2) is 46.5 Å². The van der Waals surface area contributed by atoms with Crippen LogP contribution in [0.3, 0.4) is 0 Å². The first-order chi connectivity index (χ1) is 16.4. The molecule has 2 heterocycles. The Labute approximate surface area is 208 Å². The number of hydrogen-bond acceptors (Lipinski definition) is 8. The molecule has 0 amide bonds. The summed E-state index contributed by atoms with van der Waals surface area (Å²) in [7, 11) is 1.34. The molecule has 0 radical (unpaired) electrons. The number of fused-ring (bicyclic) bond motifs is 5. The number of aromatic nitrogens is 4. The number of hydrogen-bond donors (Lipinski definition) is 3. The molecule has 186 valence electrons. The second-order valence-electron chi connectivity index (χ2n) is 8.31. The van der Waals surface area contributed by atoms with Gasteiger partial charge in [0.05, 0.1) is 18.8 Å². The van der Waals surface area contributed by atoms with Crippen molar-refractivity contribution >= 4 is 34.2 Å². The molecule has 0 aliphatic heterocycles. The number of allylic oxidation sites excluding steroid dienone is 2. The van der Waals surface area contributed by atoms with Crippen LogP contribution in [0.5, 0.6) is 0 Å². The normalized spacial score (nSPS) is 18.2. The third kappa shape index (κ3) is 5.51. The topological polar surface area (TPSA) is 173 Å². The van der Waals surface area contributed by atoms with Crippen molar-refractivity contribution in [2.45, 2.75) is 45.6 Å². The first-order valence-corrected chi connectivity index (χ1v) is 11.2. The molecule has 0 saturated heterocycles. The maximum atomic E-state index is 11.6. The van der Waals surface area contributed by atoms with Crippen molar-refractivity contribution in [2.24, 2.45) is 28.0 Å². The quantitative estimate of drug-likeness (QED) is 0.160. The van der Waals surface area contributed by atoms with Gasteiger partial charge in [0.25, 0.3) is 0 Å². The maximum absolute atomic E-state index is 11.6. The molecule has 2 aromatic heterocycles. The highest BCUT2D eigenvalue weighted by molar-refractivity contribution is 6.31. The van der Waals surface area contributed by atoms with Gasteiger partial charge in [0, 0.05) is 33.9 Å². The molecule has 2 bridgehead atoms. The minimum absolute atomic E-state index is 0. The molecule has 35 heavy (non-hydrogen) atoms. The molecule has 5 rings (SSSR count). The van der Waals surface area contributed by atoms with E-state index < -0.39 is 5.97 Å². The van der Waals surface area contributed by atoms with Crippen molar-refractivity contribution in [1.82, 2.24) is 20.0 Å². The van der Waals surface area contributed by atoms with Gasteiger partial charge in [-0.2, -0.15) is 0 Å². The number of rotatable bonds is 4. The Balaban J connectivity index is 0.000000638. The SMILES string of the molecule is C.COC(=O)c1cn(CCC2=CC3Cc4nc5cc(Cl)ccc5c(N)c4C(C2)C3)nn1.N/N=N/N. The van der Waals surface area contributed by atoms with Crippen LogP contribution in [0.2, 0.25) is 5.02 Å². The number of methoxy groups -OCH3 is 1. The summed E-state index contributed by atoms with van der Waals surface area (Å²) in [6.45, 7) is 0.673. The molecule has 0 saturated carbocycles. The van der Waals surface area contributed by atoms with Gasteiger partial charge >= 0.3 is 5.97 Å². The van der Waals surface area contributed by atoms with Crippen LogP contribution in [0, 0.1) is 5.92 Å². The molecule has 12 heteroatoms. The zero-order valence-corrected chi connectivity index (χ0v) is 19.4. The smallest absolute Gasteiger partial charge is 0.360 e. The Hall–Kier alpha value is -3.73.